The molecule has 2 nitrogen and oxygen atoms in total. The van der Waals surface area contributed by atoms with Gasteiger partial charge in [-0.2, -0.15) is 0 Å². The fraction of sp³-hybridized carbons (Fsp3) is 0. The maximum Gasteiger partial charge on any atom is 0.122 e. The number of amidine groups is 1. The maximum atomic E-state index is 7.85. The maximum absolute atomic E-state index is 7.85. The summed E-state index contributed by atoms with van der Waals surface area (Å²) in [6.45, 7) is 0. The summed E-state index contributed by atoms with van der Waals surface area (Å²) in [4.78, 5) is 0. The van der Waals surface area contributed by atoms with Crippen molar-refractivity contribution in [2.24, 2.45) is 0 Å². The second-order valence-corrected chi connectivity index (χ2v) is 5.19. The van der Waals surface area contributed by atoms with Crippen LogP contribution in [0.4, 0.5) is 5.69 Å². The first-order valence-corrected chi connectivity index (χ1v) is 6.86. The van der Waals surface area contributed by atoms with Gasteiger partial charge in [0.05, 0.1) is 0 Å². The van der Waals surface area contributed by atoms with E-state index in [1.807, 2.05) is 42.5 Å². The molecule has 0 radical (unpaired) electrons. The van der Waals surface area contributed by atoms with Crippen LogP contribution in [-0.2, 0) is 0 Å². The summed E-state index contributed by atoms with van der Waals surface area (Å²) in [6.07, 6.45) is 3.60. The number of hydrogen-bond donors (Lipinski definition) is 2. The minimum atomic E-state index is 0.318. The first kappa shape index (κ1) is 13.8. The van der Waals surface area contributed by atoms with Crippen LogP contribution in [-0.4, -0.2) is 5.84 Å². The third kappa shape index (κ3) is 4.23. The Hall–Kier alpha value is -1.58. The molecule has 2 aromatic rings. The molecule has 0 aromatic heterocycles. The molecule has 0 amide bonds. The van der Waals surface area contributed by atoms with E-state index in [-0.39, 0.29) is 0 Å². The van der Waals surface area contributed by atoms with Crippen molar-refractivity contribution in [3.63, 3.8) is 0 Å². The van der Waals surface area contributed by atoms with E-state index in [1.54, 1.807) is 18.2 Å². The number of hydrogen-bond acceptors (Lipinski definition) is 1. The van der Waals surface area contributed by atoms with Crippen molar-refractivity contribution in [3.8, 4) is 0 Å². The zero-order valence-corrected chi connectivity index (χ0v) is 12.4. The van der Waals surface area contributed by atoms with Crippen molar-refractivity contribution in [1.82, 2.24) is 0 Å². The highest BCUT2D eigenvalue weighted by Gasteiger charge is 1.96. The molecule has 19 heavy (non-hydrogen) atoms. The summed E-state index contributed by atoms with van der Waals surface area (Å²) in [5.74, 6) is 0.318. The second-order valence-electron chi connectivity index (χ2n) is 3.90. The number of anilines is 1. The summed E-state index contributed by atoms with van der Waals surface area (Å²) in [5, 5.41) is 11.5. The molecule has 0 bridgehead atoms. The van der Waals surface area contributed by atoms with E-state index in [9.17, 15) is 0 Å². The highest BCUT2D eigenvalue weighted by molar-refractivity contribution is 9.10. The van der Waals surface area contributed by atoms with Crippen molar-refractivity contribution in [2.45, 2.75) is 0 Å². The molecule has 0 aliphatic rings. The van der Waals surface area contributed by atoms with Gasteiger partial charge in [0.15, 0.2) is 0 Å². The first-order chi connectivity index (χ1) is 9.15. The van der Waals surface area contributed by atoms with Crippen LogP contribution in [0.3, 0.4) is 0 Å². The van der Waals surface area contributed by atoms with E-state index in [0.29, 0.717) is 10.9 Å². The Labute approximate surface area is 125 Å². The van der Waals surface area contributed by atoms with E-state index in [0.717, 1.165) is 15.7 Å². The smallest absolute Gasteiger partial charge is 0.122 e. The Balaban J connectivity index is 2.02. The molecule has 0 saturated carbocycles. The van der Waals surface area contributed by atoms with Gasteiger partial charge >= 0.3 is 0 Å². The predicted octanol–water partition coefficient (Wildman–Crippen LogP) is 5.21. The fourth-order valence-corrected chi connectivity index (χ4v) is 2.06. The normalized spacial score (nSPS) is 10.6. The molecule has 0 saturated heterocycles. The topological polar surface area (TPSA) is 35.9 Å². The Morgan fingerprint density at radius 1 is 1.11 bits per heavy atom. The van der Waals surface area contributed by atoms with Crippen molar-refractivity contribution in [1.29, 1.82) is 5.41 Å². The molecule has 0 spiro atoms. The van der Waals surface area contributed by atoms with Crippen molar-refractivity contribution >= 4 is 45.1 Å². The van der Waals surface area contributed by atoms with Gasteiger partial charge in [0.1, 0.15) is 5.84 Å². The molecule has 0 aliphatic heterocycles. The van der Waals surface area contributed by atoms with Gasteiger partial charge in [0, 0.05) is 15.2 Å². The molecular weight excluding hydrogens is 324 g/mol. The summed E-state index contributed by atoms with van der Waals surface area (Å²) in [7, 11) is 0. The average molecular weight is 336 g/mol. The number of halogens is 2. The zero-order chi connectivity index (χ0) is 13.7. The first-order valence-electron chi connectivity index (χ1n) is 5.69. The van der Waals surface area contributed by atoms with Gasteiger partial charge < -0.3 is 5.32 Å². The van der Waals surface area contributed by atoms with Crippen LogP contribution in [0, 0.1) is 5.41 Å². The van der Waals surface area contributed by atoms with Gasteiger partial charge in [-0.15, -0.1) is 0 Å². The Kier molecular flexibility index (Phi) is 4.77. The Bertz CT molecular complexity index is 606. The van der Waals surface area contributed by atoms with Gasteiger partial charge in [-0.1, -0.05) is 51.8 Å². The highest BCUT2D eigenvalue weighted by Crippen LogP contribution is 2.17. The van der Waals surface area contributed by atoms with Gasteiger partial charge in [-0.25, -0.2) is 0 Å². The van der Waals surface area contributed by atoms with Crippen molar-refractivity contribution in [2.75, 3.05) is 5.32 Å². The minimum absolute atomic E-state index is 0.318. The number of rotatable bonds is 3. The Morgan fingerprint density at radius 2 is 1.79 bits per heavy atom. The van der Waals surface area contributed by atoms with Crippen LogP contribution in [0.5, 0.6) is 0 Å². The lowest BCUT2D eigenvalue weighted by Gasteiger charge is -2.04. The number of benzene rings is 2. The zero-order valence-electron chi connectivity index (χ0n) is 10.0. The highest BCUT2D eigenvalue weighted by atomic mass is 79.9. The molecule has 4 heteroatoms. The van der Waals surface area contributed by atoms with Crippen LogP contribution in [0.15, 0.2) is 59.1 Å². The summed E-state index contributed by atoms with van der Waals surface area (Å²) < 4.78 is 1.01. The lowest BCUT2D eigenvalue weighted by atomic mass is 10.2. The van der Waals surface area contributed by atoms with E-state index in [1.165, 1.54) is 0 Å². The lowest BCUT2D eigenvalue weighted by Crippen LogP contribution is -2.06. The average Bonchev–Trinajstić information content (AvgIpc) is 2.40. The van der Waals surface area contributed by atoms with Gasteiger partial charge in [0.2, 0.25) is 0 Å². The molecule has 0 atom stereocenters. The molecule has 96 valence electrons. The standard InChI is InChI=1S/C15H12BrClN2/c16-14-4-2-1-3-11(14)5-10-15(18)19-13-8-6-12(17)7-9-13/h1-10H,(H2,18,19)/b10-5+. The largest absolute Gasteiger partial charge is 0.341 e. The van der Waals surface area contributed by atoms with E-state index in [4.69, 9.17) is 17.0 Å². The fourth-order valence-electron chi connectivity index (χ4n) is 1.51. The molecule has 0 aliphatic carbocycles. The molecule has 0 fully saturated rings. The summed E-state index contributed by atoms with van der Waals surface area (Å²) in [6, 6.07) is 15.1. The molecular formula is C15H12BrClN2. The van der Waals surface area contributed by atoms with Crippen molar-refractivity contribution < 1.29 is 0 Å². The van der Waals surface area contributed by atoms with Crippen LogP contribution in [0.1, 0.15) is 5.56 Å². The molecule has 0 heterocycles. The van der Waals surface area contributed by atoms with E-state index >= 15 is 0 Å². The number of nitrogens with one attached hydrogen (secondary N) is 2. The van der Waals surface area contributed by atoms with Gasteiger partial charge in [-0.3, -0.25) is 5.41 Å². The summed E-state index contributed by atoms with van der Waals surface area (Å²) >= 11 is 9.27. The van der Waals surface area contributed by atoms with E-state index < -0.39 is 0 Å². The van der Waals surface area contributed by atoms with Crippen molar-refractivity contribution in [3.05, 3.63) is 69.7 Å². The van der Waals surface area contributed by atoms with Gasteiger partial charge in [-0.05, 0) is 42.0 Å². The predicted molar refractivity (Wildman–Crippen MR) is 86.0 cm³/mol. The SMILES string of the molecule is N=C(/C=C/c1ccccc1Br)Nc1ccc(Cl)cc1. The molecule has 2 rings (SSSR count). The van der Waals surface area contributed by atoms with Crippen LogP contribution >= 0.6 is 27.5 Å². The van der Waals surface area contributed by atoms with Crippen LogP contribution in [0.25, 0.3) is 6.08 Å². The quantitative estimate of drug-likeness (QED) is 0.586. The summed E-state index contributed by atoms with van der Waals surface area (Å²) in [5.41, 5.74) is 1.87. The minimum Gasteiger partial charge on any atom is -0.341 e. The van der Waals surface area contributed by atoms with Crippen LogP contribution < -0.4 is 5.32 Å². The van der Waals surface area contributed by atoms with Crippen LogP contribution in [0.2, 0.25) is 5.02 Å². The van der Waals surface area contributed by atoms with Gasteiger partial charge in [0.25, 0.3) is 0 Å². The second kappa shape index (κ2) is 6.55. The molecule has 0 unspecified atom stereocenters. The third-order valence-corrected chi connectivity index (χ3v) is 3.43. The third-order valence-electron chi connectivity index (χ3n) is 2.46. The monoisotopic (exact) mass is 334 g/mol. The Morgan fingerprint density at radius 3 is 2.47 bits per heavy atom. The molecule has 2 N–H and O–H groups in total. The lowest BCUT2D eigenvalue weighted by molar-refractivity contribution is 1.48. The van der Waals surface area contributed by atoms with E-state index in [2.05, 4.69) is 21.2 Å². The molecule has 2 aromatic carbocycles.